The third kappa shape index (κ3) is 2.79. The number of hydrogen-bond donors (Lipinski definition) is 1. The van der Waals surface area contributed by atoms with E-state index in [4.69, 9.17) is 9.47 Å². The van der Waals surface area contributed by atoms with Crippen molar-refractivity contribution in [2.45, 2.75) is 25.3 Å². The summed E-state index contributed by atoms with van der Waals surface area (Å²) in [5.41, 5.74) is 5.35. The fraction of sp³-hybridized carbons (Fsp3) is 0.240. The van der Waals surface area contributed by atoms with Gasteiger partial charge >= 0.3 is 0 Å². The Hall–Kier alpha value is -3.27. The van der Waals surface area contributed by atoms with Gasteiger partial charge in [0.1, 0.15) is 0 Å². The van der Waals surface area contributed by atoms with E-state index in [0.717, 1.165) is 29.7 Å². The zero-order valence-electron chi connectivity index (χ0n) is 16.6. The van der Waals surface area contributed by atoms with E-state index >= 15 is 0 Å². The molecule has 2 aliphatic rings. The Morgan fingerprint density at radius 1 is 0.931 bits per heavy atom. The van der Waals surface area contributed by atoms with Crippen LogP contribution in [0.25, 0.3) is 16.3 Å². The Labute approximate surface area is 170 Å². The predicted octanol–water partition coefficient (Wildman–Crippen LogP) is 5.53. The van der Waals surface area contributed by atoms with Gasteiger partial charge in [0.05, 0.1) is 20.3 Å². The van der Waals surface area contributed by atoms with Crippen molar-refractivity contribution in [1.29, 1.82) is 0 Å². The van der Waals surface area contributed by atoms with Crippen molar-refractivity contribution in [2.24, 2.45) is 0 Å². The van der Waals surface area contributed by atoms with E-state index in [1.807, 2.05) is 18.2 Å². The third-order valence-corrected chi connectivity index (χ3v) is 6.02. The highest BCUT2D eigenvalue weighted by molar-refractivity contribution is 6.12. The zero-order chi connectivity index (χ0) is 20.0. The number of nitrogens with one attached hydrogen (secondary N) is 1. The van der Waals surface area contributed by atoms with Crippen molar-refractivity contribution in [3.8, 4) is 11.5 Å². The fourth-order valence-corrected chi connectivity index (χ4v) is 4.69. The molecule has 4 heteroatoms. The number of benzene rings is 3. The van der Waals surface area contributed by atoms with E-state index in [2.05, 4.69) is 41.7 Å². The highest BCUT2D eigenvalue weighted by Crippen LogP contribution is 2.48. The van der Waals surface area contributed by atoms with Gasteiger partial charge in [0.2, 0.25) is 0 Å². The van der Waals surface area contributed by atoms with Crippen LogP contribution in [0.4, 0.5) is 5.69 Å². The molecule has 0 amide bonds. The molecule has 4 nitrogen and oxygen atoms in total. The molecule has 1 aliphatic carbocycles. The predicted molar refractivity (Wildman–Crippen MR) is 116 cm³/mol. The van der Waals surface area contributed by atoms with Gasteiger partial charge in [-0.1, -0.05) is 36.4 Å². The molecule has 29 heavy (non-hydrogen) atoms. The molecule has 1 unspecified atom stereocenters. The third-order valence-electron chi connectivity index (χ3n) is 6.02. The number of ether oxygens (including phenoxy) is 2. The van der Waals surface area contributed by atoms with E-state index in [1.165, 1.54) is 21.9 Å². The molecule has 3 aromatic carbocycles. The van der Waals surface area contributed by atoms with Gasteiger partial charge in [-0.05, 0) is 52.9 Å². The number of Topliss-reactive ketones (excluding diaryl/α,β-unsaturated/α-hetero) is 1. The molecule has 1 aliphatic heterocycles. The van der Waals surface area contributed by atoms with E-state index in [1.54, 1.807) is 14.2 Å². The highest BCUT2D eigenvalue weighted by atomic mass is 16.5. The van der Waals surface area contributed by atoms with Crippen molar-refractivity contribution in [2.75, 3.05) is 19.5 Å². The van der Waals surface area contributed by atoms with Gasteiger partial charge < -0.3 is 14.8 Å². The molecular weight excluding hydrogens is 362 g/mol. The standard InChI is InChI=1S/C25H23NO3/c1-28-21-13-11-16(14-22(21)29-2)25-24-18(8-5-9-20(24)27)23-17-7-4-3-6-15(17)10-12-19(23)26-25/h3-4,6-7,10-14,25-26H,5,8-9H2,1-2H3. The second-order valence-corrected chi connectivity index (χ2v) is 7.57. The molecule has 5 rings (SSSR count). The maximum Gasteiger partial charge on any atom is 0.161 e. The Bertz CT molecular complexity index is 1160. The summed E-state index contributed by atoms with van der Waals surface area (Å²) in [7, 11) is 3.26. The maximum atomic E-state index is 13.1. The maximum absolute atomic E-state index is 13.1. The number of methoxy groups -OCH3 is 2. The Morgan fingerprint density at radius 2 is 1.76 bits per heavy atom. The number of ketones is 1. The first-order chi connectivity index (χ1) is 14.2. The first-order valence-electron chi connectivity index (χ1n) is 9.98. The van der Waals surface area contributed by atoms with Gasteiger partial charge in [0.25, 0.3) is 0 Å². The number of hydrogen-bond acceptors (Lipinski definition) is 4. The van der Waals surface area contributed by atoms with Crippen LogP contribution in [0.15, 0.2) is 60.2 Å². The lowest BCUT2D eigenvalue weighted by Gasteiger charge is -2.35. The quantitative estimate of drug-likeness (QED) is 0.644. The number of carbonyl (C=O) groups excluding carboxylic acids is 1. The van der Waals surface area contributed by atoms with Crippen molar-refractivity contribution in [3.05, 3.63) is 71.3 Å². The molecule has 0 spiro atoms. The van der Waals surface area contributed by atoms with Gasteiger partial charge in [-0.3, -0.25) is 4.79 Å². The van der Waals surface area contributed by atoms with E-state index in [0.29, 0.717) is 17.9 Å². The van der Waals surface area contributed by atoms with Crippen LogP contribution in [-0.2, 0) is 4.79 Å². The van der Waals surface area contributed by atoms with E-state index < -0.39 is 0 Å². The lowest BCUT2D eigenvalue weighted by molar-refractivity contribution is -0.116. The summed E-state index contributed by atoms with van der Waals surface area (Å²) in [6.07, 6.45) is 2.43. The van der Waals surface area contributed by atoms with Crippen molar-refractivity contribution < 1.29 is 14.3 Å². The molecule has 3 aromatic rings. The largest absolute Gasteiger partial charge is 0.493 e. The molecule has 0 fully saturated rings. The van der Waals surface area contributed by atoms with Crippen LogP contribution in [0.3, 0.4) is 0 Å². The normalized spacial score (nSPS) is 18.1. The SMILES string of the molecule is COc1ccc(C2Nc3ccc4ccccc4c3C3=C2C(=O)CCC3)cc1OC. The molecule has 0 radical (unpaired) electrons. The number of fused-ring (bicyclic) bond motifs is 4. The Morgan fingerprint density at radius 3 is 2.59 bits per heavy atom. The number of rotatable bonds is 3. The minimum atomic E-state index is -0.189. The van der Waals surface area contributed by atoms with Crippen LogP contribution in [0.2, 0.25) is 0 Å². The van der Waals surface area contributed by atoms with Gasteiger partial charge in [0, 0.05) is 23.2 Å². The minimum Gasteiger partial charge on any atom is -0.493 e. The molecule has 1 N–H and O–H groups in total. The number of anilines is 1. The Kier molecular flexibility index (Phi) is 4.27. The van der Waals surface area contributed by atoms with Crippen LogP contribution in [0.5, 0.6) is 11.5 Å². The smallest absolute Gasteiger partial charge is 0.161 e. The first kappa shape index (κ1) is 17.8. The average Bonchev–Trinajstić information content (AvgIpc) is 2.77. The summed E-state index contributed by atoms with van der Waals surface area (Å²) in [6, 6.07) is 18.4. The topological polar surface area (TPSA) is 47.6 Å². The van der Waals surface area contributed by atoms with E-state index in [9.17, 15) is 4.79 Å². The van der Waals surface area contributed by atoms with Crippen molar-refractivity contribution in [1.82, 2.24) is 0 Å². The average molecular weight is 385 g/mol. The molecule has 1 atom stereocenters. The summed E-state index contributed by atoms with van der Waals surface area (Å²) < 4.78 is 10.9. The van der Waals surface area contributed by atoms with Crippen LogP contribution in [-0.4, -0.2) is 20.0 Å². The zero-order valence-corrected chi connectivity index (χ0v) is 16.6. The summed E-state index contributed by atoms with van der Waals surface area (Å²) >= 11 is 0. The lowest BCUT2D eigenvalue weighted by Crippen LogP contribution is -2.27. The summed E-state index contributed by atoms with van der Waals surface area (Å²) in [5.74, 6) is 1.58. The van der Waals surface area contributed by atoms with E-state index in [-0.39, 0.29) is 11.8 Å². The molecule has 0 bridgehead atoms. The molecule has 146 valence electrons. The van der Waals surface area contributed by atoms with Gasteiger partial charge in [-0.2, -0.15) is 0 Å². The molecule has 1 heterocycles. The molecular formula is C25H23NO3. The lowest BCUT2D eigenvalue weighted by atomic mass is 9.77. The van der Waals surface area contributed by atoms with Crippen molar-refractivity contribution >= 4 is 27.8 Å². The summed E-state index contributed by atoms with van der Waals surface area (Å²) in [4.78, 5) is 13.1. The summed E-state index contributed by atoms with van der Waals surface area (Å²) in [5, 5.41) is 6.04. The minimum absolute atomic E-state index is 0.189. The van der Waals surface area contributed by atoms with Crippen LogP contribution < -0.4 is 14.8 Å². The van der Waals surface area contributed by atoms with Crippen LogP contribution in [0.1, 0.15) is 36.4 Å². The molecule has 0 saturated carbocycles. The highest BCUT2D eigenvalue weighted by Gasteiger charge is 2.35. The summed E-state index contributed by atoms with van der Waals surface area (Å²) in [6.45, 7) is 0. The van der Waals surface area contributed by atoms with Gasteiger partial charge in [-0.15, -0.1) is 0 Å². The molecule has 0 aromatic heterocycles. The second kappa shape index (κ2) is 6.96. The monoisotopic (exact) mass is 385 g/mol. The van der Waals surface area contributed by atoms with Crippen LogP contribution >= 0.6 is 0 Å². The first-order valence-corrected chi connectivity index (χ1v) is 9.98. The second-order valence-electron chi connectivity index (χ2n) is 7.57. The van der Waals surface area contributed by atoms with Crippen molar-refractivity contribution in [3.63, 3.8) is 0 Å². The van der Waals surface area contributed by atoms with Gasteiger partial charge in [-0.25, -0.2) is 0 Å². The number of carbonyl (C=O) groups is 1. The van der Waals surface area contributed by atoms with Crippen LogP contribution in [0, 0.1) is 0 Å². The number of allylic oxidation sites excluding steroid dienone is 1. The Balaban J connectivity index is 1.73. The molecule has 0 saturated heterocycles. The fourth-order valence-electron chi connectivity index (χ4n) is 4.69. The van der Waals surface area contributed by atoms with Gasteiger partial charge in [0.15, 0.2) is 17.3 Å².